The first kappa shape index (κ1) is 26.9. The topological polar surface area (TPSA) is 134 Å². The molecule has 3 rings (SSSR count). The highest BCUT2D eigenvalue weighted by Crippen LogP contribution is 2.34. The second kappa shape index (κ2) is 10.9. The number of aliphatic hydroxyl groups excluding tert-OH is 1. The van der Waals surface area contributed by atoms with Crippen molar-refractivity contribution in [3.8, 4) is 0 Å². The van der Waals surface area contributed by atoms with Gasteiger partial charge in [-0.15, -0.1) is 11.3 Å². The Labute approximate surface area is 219 Å². The standard InChI is InChI=1S/C23H20Cl3N3O5S/c1-23(19(30)20(27)31,9-18-28-17(10-35-18)22(33)34)11-29(14-5-2-12(24)3-6-14)21(32)15-7-4-13(25)8-16(15)26/h2-8,10,19,30H,9,11H2,1H3,(H2,27,31)(H,33,34). The monoisotopic (exact) mass is 555 g/mol. The van der Waals surface area contributed by atoms with Crippen LogP contribution in [0.15, 0.2) is 47.8 Å². The van der Waals surface area contributed by atoms with Gasteiger partial charge in [-0.3, -0.25) is 9.59 Å². The molecule has 4 N–H and O–H groups in total. The summed E-state index contributed by atoms with van der Waals surface area (Å²) in [6.45, 7) is 1.36. The number of aliphatic hydroxyl groups is 1. The molecule has 0 aliphatic heterocycles. The predicted octanol–water partition coefficient (Wildman–Crippen LogP) is 4.54. The third-order valence-corrected chi connectivity index (χ3v) is 6.97. The summed E-state index contributed by atoms with van der Waals surface area (Å²) >= 11 is 19.3. The van der Waals surface area contributed by atoms with Crippen LogP contribution in [-0.2, 0) is 11.2 Å². The van der Waals surface area contributed by atoms with Gasteiger partial charge in [0, 0.05) is 39.5 Å². The molecule has 2 atom stereocenters. The number of primary amides is 1. The van der Waals surface area contributed by atoms with Crippen molar-refractivity contribution in [1.82, 2.24) is 4.98 Å². The first-order valence-electron chi connectivity index (χ1n) is 10.1. The molecule has 0 saturated heterocycles. The number of thiazole rings is 1. The van der Waals surface area contributed by atoms with Crippen LogP contribution in [0.2, 0.25) is 15.1 Å². The first-order chi connectivity index (χ1) is 16.4. The van der Waals surface area contributed by atoms with Gasteiger partial charge in [-0.2, -0.15) is 0 Å². The quantitative estimate of drug-likeness (QED) is 0.354. The molecule has 2 unspecified atom stereocenters. The first-order valence-corrected chi connectivity index (χ1v) is 12.1. The summed E-state index contributed by atoms with van der Waals surface area (Å²) in [6, 6.07) is 10.8. The summed E-state index contributed by atoms with van der Waals surface area (Å²) in [5.41, 5.74) is 4.47. The fraction of sp³-hybridized carbons (Fsp3) is 0.217. The largest absolute Gasteiger partial charge is 0.476 e. The normalized spacial score (nSPS) is 13.6. The average Bonchev–Trinajstić information content (AvgIpc) is 3.26. The Balaban J connectivity index is 2.07. The van der Waals surface area contributed by atoms with Gasteiger partial charge in [0.25, 0.3) is 5.91 Å². The van der Waals surface area contributed by atoms with Crippen LogP contribution in [0, 0.1) is 5.41 Å². The lowest BCUT2D eigenvalue weighted by atomic mass is 9.79. The van der Waals surface area contributed by atoms with Crippen LogP contribution < -0.4 is 10.6 Å². The fourth-order valence-electron chi connectivity index (χ4n) is 3.49. The van der Waals surface area contributed by atoms with E-state index in [1.807, 2.05) is 0 Å². The van der Waals surface area contributed by atoms with Crippen LogP contribution in [0.5, 0.6) is 0 Å². The zero-order chi connectivity index (χ0) is 25.9. The van der Waals surface area contributed by atoms with E-state index in [1.54, 1.807) is 31.2 Å². The SMILES string of the molecule is CC(Cc1nc(C(=O)O)cs1)(CN(C(=O)c1ccc(Cl)cc1Cl)c1ccc(Cl)cc1)C(O)C(N)=O. The van der Waals surface area contributed by atoms with Crippen molar-refractivity contribution >= 4 is 69.6 Å². The van der Waals surface area contributed by atoms with E-state index in [1.165, 1.54) is 28.5 Å². The zero-order valence-electron chi connectivity index (χ0n) is 18.2. The molecule has 3 aromatic rings. The number of aromatic carboxylic acids is 1. The number of carboxylic acid groups (broad SMARTS) is 1. The number of halogens is 3. The van der Waals surface area contributed by atoms with Gasteiger partial charge in [-0.25, -0.2) is 9.78 Å². The molecule has 1 aromatic heterocycles. The van der Waals surface area contributed by atoms with E-state index in [2.05, 4.69) is 4.98 Å². The molecule has 0 radical (unpaired) electrons. The number of nitrogens with zero attached hydrogens (tertiary/aromatic N) is 2. The third-order valence-electron chi connectivity index (χ3n) is 5.32. The van der Waals surface area contributed by atoms with Gasteiger partial charge in [-0.1, -0.05) is 41.7 Å². The van der Waals surface area contributed by atoms with Crippen LogP contribution in [0.4, 0.5) is 5.69 Å². The number of benzene rings is 2. The van der Waals surface area contributed by atoms with Crippen molar-refractivity contribution in [1.29, 1.82) is 0 Å². The highest BCUT2D eigenvalue weighted by atomic mass is 35.5. The second-order valence-electron chi connectivity index (χ2n) is 8.06. The van der Waals surface area contributed by atoms with Crippen molar-refractivity contribution in [2.45, 2.75) is 19.4 Å². The lowest BCUT2D eigenvalue weighted by Crippen LogP contribution is -2.52. The van der Waals surface area contributed by atoms with E-state index in [0.717, 1.165) is 11.3 Å². The molecule has 184 valence electrons. The lowest BCUT2D eigenvalue weighted by Gasteiger charge is -2.37. The van der Waals surface area contributed by atoms with Gasteiger partial charge in [0.1, 0.15) is 6.10 Å². The molecule has 12 heteroatoms. The molecule has 2 amide bonds. The molecule has 8 nitrogen and oxygen atoms in total. The molecule has 0 bridgehead atoms. The maximum Gasteiger partial charge on any atom is 0.355 e. The molecule has 0 aliphatic rings. The minimum Gasteiger partial charge on any atom is -0.476 e. The second-order valence-corrected chi connectivity index (χ2v) is 10.3. The van der Waals surface area contributed by atoms with Crippen LogP contribution in [0.1, 0.15) is 32.8 Å². The minimum absolute atomic E-state index is 0.0409. The van der Waals surface area contributed by atoms with Gasteiger partial charge < -0.3 is 20.8 Å². The Hall–Kier alpha value is -2.69. The number of carboxylic acids is 1. The molecular weight excluding hydrogens is 537 g/mol. The van der Waals surface area contributed by atoms with Gasteiger partial charge in [0.05, 0.1) is 15.6 Å². The number of anilines is 1. The van der Waals surface area contributed by atoms with E-state index >= 15 is 0 Å². The summed E-state index contributed by atoms with van der Waals surface area (Å²) in [5, 5.41) is 22.6. The number of rotatable bonds is 9. The minimum atomic E-state index is -1.69. The molecule has 1 heterocycles. The maximum atomic E-state index is 13.7. The summed E-state index contributed by atoms with van der Waals surface area (Å²) in [6.07, 6.45) is -1.73. The van der Waals surface area contributed by atoms with Crippen molar-refractivity contribution in [2.24, 2.45) is 11.1 Å². The number of amides is 2. The van der Waals surface area contributed by atoms with Crippen LogP contribution in [-0.4, -0.2) is 45.6 Å². The predicted molar refractivity (Wildman–Crippen MR) is 136 cm³/mol. The number of hydrogen-bond donors (Lipinski definition) is 3. The zero-order valence-corrected chi connectivity index (χ0v) is 21.3. The molecule has 0 fully saturated rings. The number of nitrogens with two attached hydrogens (primary N) is 1. The molecule has 35 heavy (non-hydrogen) atoms. The number of aromatic nitrogens is 1. The summed E-state index contributed by atoms with van der Waals surface area (Å²) < 4.78 is 0. The third kappa shape index (κ3) is 6.31. The molecule has 0 saturated carbocycles. The maximum absolute atomic E-state index is 13.7. The van der Waals surface area contributed by atoms with E-state index < -0.39 is 29.3 Å². The van der Waals surface area contributed by atoms with Crippen molar-refractivity contribution < 1.29 is 24.6 Å². The Morgan fingerprint density at radius 2 is 1.74 bits per heavy atom. The number of hydrogen-bond acceptors (Lipinski definition) is 6. The van der Waals surface area contributed by atoms with Crippen LogP contribution in [0.3, 0.4) is 0 Å². The number of carbonyl (C=O) groups is 3. The lowest BCUT2D eigenvalue weighted by molar-refractivity contribution is -0.132. The Morgan fingerprint density at radius 3 is 2.29 bits per heavy atom. The summed E-state index contributed by atoms with van der Waals surface area (Å²) in [7, 11) is 0. The Morgan fingerprint density at radius 1 is 1.11 bits per heavy atom. The van der Waals surface area contributed by atoms with E-state index in [4.69, 9.17) is 40.5 Å². The molecule has 0 spiro atoms. The molecule has 0 aliphatic carbocycles. The summed E-state index contributed by atoms with van der Waals surface area (Å²) in [5.74, 6) is -2.74. The van der Waals surface area contributed by atoms with Crippen molar-refractivity contribution in [2.75, 3.05) is 11.4 Å². The van der Waals surface area contributed by atoms with Gasteiger partial charge in [-0.05, 0) is 42.5 Å². The molecular formula is C23H20Cl3N3O5S. The van der Waals surface area contributed by atoms with Crippen molar-refractivity contribution in [3.05, 3.63) is 79.2 Å². The van der Waals surface area contributed by atoms with Crippen molar-refractivity contribution in [3.63, 3.8) is 0 Å². The van der Waals surface area contributed by atoms with E-state index in [-0.39, 0.29) is 29.2 Å². The molecule has 2 aromatic carbocycles. The van der Waals surface area contributed by atoms with E-state index in [9.17, 15) is 24.6 Å². The van der Waals surface area contributed by atoms with Crippen LogP contribution in [0.25, 0.3) is 0 Å². The van der Waals surface area contributed by atoms with Gasteiger partial charge >= 0.3 is 5.97 Å². The smallest absolute Gasteiger partial charge is 0.355 e. The highest BCUT2D eigenvalue weighted by molar-refractivity contribution is 7.09. The number of carbonyl (C=O) groups excluding carboxylic acids is 2. The van der Waals surface area contributed by atoms with E-state index in [0.29, 0.717) is 20.7 Å². The Bertz CT molecular complexity index is 1270. The highest BCUT2D eigenvalue weighted by Gasteiger charge is 2.41. The fourth-order valence-corrected chi connectivity index (χ4v) is 5.07. The van der Waals surface area contributed by atoms with Gasteiger partial charge in [0.15, 0.2) is 5.69 Å². The average molecular weight is 557 g/mol. The summed E-state index contributed by atoms with van der Waals surface area (Å²) in [4.78, 5) is 42.3. The van der Waals surface area contributed by atoms with Gasteiger partial charge in [0.2, 0.25) is 5.91 Å². The Kier molecular flexibility index (Phi) is 8.40. The van der Waals surface area contributed by atoms with Crippen LogP contribution >= 0.6 is 46.1 Å².